The van der Waals surface area contributed by atoms with E-state index in [2.05, 4.69) is 11.4 Å². The Morgan fingerprint density at radius 3 is 3.00 bits per heavy atom. The largest absolute Gasteiger partial charge is 0.496 e. The second-order valence-corrected chi connectivity index (χ2v) is 5.25. The zero-order valence-corrected chi connectivity index (χ0v) is 12.4. The minimum absolute atomic E-state index is 0.261. The van der Waals surface area contributed by atoms with Gasteiger partial charge in [0.05, 0.1) is 7.11 Å². The van der Waals surface area contributed by atoms with E-state index in [9.17, 15) is 4.79 Å². The van der Waals surface area contributed by atoms with Crippen LogP contribution < -0.4 is 10.1 Å². The van der Waals surface area contributed by atoms with Crippen LogP contribution in [0.1, 0.15) is 24.8 Å². The number of carbonyl (C=O) groups excluding carboxylic acids is 1. The van der Waals surface area contributed by atoms with Crippen LogP contribution in [0, 0.1) is 0 Å². The Bertz CT molecular complexity index is 448. The van der Waals surface area contributed by atoms with Crippen molar-refractivity contribution in [2.24, 2.45) is 0 Å². The third kappa shape index (κ3) is 3.51. The maximum Gasteiger partial charge on any atom is 0.224 e. The highest BCUT2D eigenvalue weighted by Crippen LogP contribution is 2.26. The monoisotopic (exact) mass is 276 g/mol. The summed E-state index contributed by atoms with van der Waals surface area (Å²) in [7, 11) is 3.58. The first kappa shape index (κ1) is 14.9. The molecule has 2 rings (SSSR count). The SMILES string of the molecule is CNCCC(=O)N1CCCC1Cc1ccccc1OC. The molecule has 0 spiro atoms. The fourth-order valence-corrected chi connectivity index (χ4v) is 2.88. The molecule has 1 aliphatic rings. The molecule has 1 heterocycles. The van der Waals surface area contributed by atoms with E-state index >= 15 is 0 Å². The van der Waals surface area contributed by atoms with E-state index in [4.69, 9.17) is 4.74 Å². The maximum atomic E-state index is 12.2. The molecule has 1 fully saturated rings. The molecule has 1 unspecified atom stereocenters. The third-order valence-corrected chi connectivity index (χ3v) is 3.93. The minimum Gasteiger partial charge on any atom is -0.496 e. The topological polar surface area (TPSA) is 41.6 Å². The first-order chi connectivity index (χ1) is 9.76. The lowest BCUT2D eigenvalue weighted by Crippen LogP contribution is -2.38. The number of rotatable bonds is 6. The van der Waals surface area contributed by atoms with E-state index in [0.717, 1.165) is 38.1 Å². The lowest BCUT2D eigenvalue weighted by Gasteiger charge is -2.25. The predicted octanol–water partition coefficient (Wildman–Crippen LogP) is 1.84. The Morgan fingerprint density at radius 2 is 2.25 bits per heavy atom. The van der Waals surface area contributed by atoms with Crippen molar-refractivity contribution in [3.05, 3.63) is 29.8 Å². The molecule has 1 aromatic carbocycles. The Morgan fingerprint density at radius 1 is 1.45 bits per heavy atom. The molecule has 0 radical (unpaired) electrons. The number of hydrogen-bond acceptors (Lipinski definition) is 3. The lowest BCUT2D eigenvalue weighted by molar-refractivity contribution is -0.131. The van der Waals surface area contributed by atoms with Crippen LogP contribution in [-0.2, 0) is 11.2 Å². The van der Waals surface area contributed by atoms with Crippen molar-refractivity contribution < 1.29 is 9.53 Å². The molecular weight excluding hydrogens is 252 g/mol. The second-order valence-electron chi connectivity index (χ2n) is 5.25. The van der Waals surface area contributed by atoms with Crippen LogP contribution >= 0.6 is 0 Å². The summed E-state index contributed by atoms with van der Waals surface area (Å²) in [5.41, 5.74) is 1.19. The lowest BCUT2D eigenvalue weighted by atomic mass is 10.0. The summed E-state index contributed by atoms with van der Waals surface area (Å²) >= 11 is 0. The van der Waals surface area contributed by atoms with E-state index in [1.54, 1.807) is 7.11 Å². The van der Waals surface area contributed by atoms with E-state index in [-0.39, 0.29) is 5.91 Å². The Hall–Kier alpha value is -1.55. The van der Waals surface area contributed by atoms with Gasteiger partial charge in [0, 0.05) is 25.6 Å². The van der Waals surface area contributed by atoms with Gasteiger partial charge in [0.25, 0.3) is 0 Å². The summed E-state index contributed by atoms with van der Waals surface area (Å²) in [6.45, 7) is 1.64. The standard InChI is InChI=1S/C16H24N2O2/c1-17-10-9-16(19)18-11-5-7-14(18)12-13-6-3-4-8-15(13)20-2/h3-4,6,8,14,17H,5,7,9-12H2,1-2H3. The predicted molar refractivity (Wildman–Crippen MR) is 80.0 cm³/mol. The van der Waals surface area contributed by atoms with E-state index < -0.39 is 0 Å². The second kappa shape index (κ2) is 7.29. The Kier molecular flexibility index (Phi) is 5.41. The highest BCUT2D eigenvalue weighted by Gasteiger charge is 2.28. The van der Waals surface area contributed by atoms with Gasteiger partial charge in [-0.1, -0.05) is 18.2 Å². The van der Waals surface area contributed by atoms with Crippen molar-refractivity contribution in [2.75, 3.05) is 27.2 Å². The first-order valence-corrected chi connectivity index (χ1v) is 7.32. The molecule has 20 heavy (non-hydrogen) atoms. The number of carbonyl (C=O) groups is 1. The quantitative estimate of drug-likeness (QED) is 0.862. The van der Waals surface area contributed by atoms with Crippen molar-refractivity contribution in [2.45, 2.75) is 31.7 Å². The van der Waals surface area contributed by atoms with E-state index in [1.165, 1.54) is 5.56 Å². The number of amides is 1. The number of para-hydroxylation sites is 1. The van der Waals surface area contributed by atoms with Crippen LogP contribution in [0.5, 0.6) is 5.75 Å². The van der Waals surface area contributed by atoms with Crippen LogP contribution in [0.3, 0.4) is 0 Å². The summed E-state index contributed by atoms with van der Waals surface area (Å²) in [5.74, 6) is 1.18. The van der Waals surface area contributed by atoms with Crippen LogP contribution in [-0.4, -0.2) is 44.1 Å². The number of ether oxygens (including phenoxy) is 1. The molecule has 110 valence electrons. The van der Waals surface area contributed by atoms with Crippen molar-refractivity contribution >= 4 is 5.91 Å². The fourth-order valence-electron chi connectivity index (χ4n) is 2.88. The van der Waals surface area contributed by atoms with Gasteiger partial charge < -0.3 is 15.0 Å². The summed E-state index contributed by atoms with van der Waals surface area (Å²) in [6.07, 6.45) is 3.66. The van der Waals surface area contributed by atoms with Gasteiger partial charge in [-0.25, -0.2) is 0 Å². The molecule has 4 heteroatoms. The Labute approximate surface area is 121 Å². The van der Waals surface area contributed by atoms with E-state index in [0.29, 0.717) is 12.5 Å². The van der Waals surface area contributed by atoms with Gasteiger partial charge in [0.15, 0.2) is 0 Å². The van der Waals surface area contributed by atoms with Gasteiger partial charge in [0.1, 0.15) is 5.75 Å². The van der Waals surface area contributed by atoms with Gasteiger partial charge >= 0.3 is 0 Å². The highest BCUT2D eigenvalue weighted by atomic mass is 16.5. The Balaban J connectivity index is 2.02. The number of methoxy groups -OCH3 is 1. The summed E-state index contributed by atoms with van der Waals surface area (Å²) in [5, 5.41) is 3.04. The molecule has 0 aliphatic carbocycles. The molecule has 1 atom stereocenters. The van der Waals surface area contributed by atoms with E-state index in [1.807, 2.05) is 30.1 Å². The van der Waals surface area contributed by atoms with Crippen molar-refractivity contribution in [1.82, 2.24) is 10.2 Å². The molecule has 0 aromatic heterocycles. The first-order valence-electron chi connectivity index (χ1n) is 7.32. The summed E-state index contributed by atoms with van der Waals surface area (Å²) < 4.78 is 5.40. The van der Waals surface area contributed by atoms with Gasteiger partial charge in [-0.05, 0) is 37.9 Å². The molecule has 0 saturated carbocycles. The fraction of sp³-hybridized carbons (Fsp3) is 0.562. The number of likely N-dealkylation sites (tertiary alicyclic amines) is 1. The zero-order chi connectivity index (χ0) is 14.4. The smallest absolute Gasteiger partial charge is 0.224 e. The van der Waals surface area contributed by atoms with Crippen molar-refractivity contribution in [3.63, 3.8) is 0 Å². The number of benzene rings is 1. The average molecular weight is 276 g/mol. The molecule has 0 bridgehead atoms. The minimum atomic E-state index is 0.261. The molecular formula is C16H24N2O2. The van der Waals surface area contributed by atoms with Crippen LogP contribution in [0.15, 0.2) is 24.3 Å². The molecule has 4 nitrogen and oxygen atoms in total. The molecule has 1 saturated heterocycles. The van der Waals surface area contributed by atoms with Gasteiger partial charge in [-0.3, -0.25) is 4.79 Å². The molecule has 1 aliphatic heterocycles. The maximum absolute atomic E-state index is 12.2. The van der Waals surface area contributed by atoms with Gasteiger partial charge in [0.2, 0.25) is 5.91 Å². The highest BCUT2D eigenvalue weighted by molar-refractivity contribution is 5.77. The molecule has 1 amide bonds. The van der Waals surface area contributed by atoms with Crippen LogP contribution in [0.4, 0.5) is 0 Å². The van der Waals surface area contributed by atoms with Crippen LogP contribution in [0.2, 0.25) is 0 Å². The summed E-state index contributed by atoms with van der Waals surface area (Å²) in [4.78, 5) is 14.3. The number of hydrogen-bond donors (Lipinski definition) is 1. The number of nitrogens with one attached hydrogen (secondary N) is 1. The van der Waals surface area contributed by atoms with Gasteiger partial charge in [-0.2, -0.15) is 0 Å². The molecule has 1 N–H and O–H groups in total. The zero-order valence-electron chi connectivity index (χ0n) is 12.4. The number of nitrogens with zero attached hydrogens (tertiary/aromatic N) is 1. The summed E-state index contributed by atoms with van der Waals surface area (Å²) in [6, 6.07) is 8.40. The van der Waals surface area contributed by atoms with Crippen molar-refractivity contribution in [1.29, 1.82) is 0 Å². The average Bonchev–Trinajstić information content (AvgIpc) is 2.93. The molecule has 1 aromatic rings. The third-order valence-electron chi connectivity index (χ3n) is 3.93. The van der Waals surface area contributed by atoms with Crippen LogP contribution in [0.25, 0.3) is 0 Å². The van der Waals surface area contributed by atoms with Crippen molar-refractivity contribution in [3.8, 4) is 5.75 Å². The normalized spacial score (nSPS) is 18.3. The van der Waals surface area contributed by atoms with Gasteiger partial charge in [-0.15, -0.1) is 0 Å².